The second-order valence-corrected chi connectivity index (χ2v) is 5.90. The summed E-state index contributed by atoms with van der Waals surface area (Å²) in [5.41, 5.74) is 5.64. The molecule has 0 aliphatic carbocycles. The average Bonchev–Trinajstić information content (AvgIpc) is 2.76. The molecule has 21 heavy (non-hydrogen) atoms. The Morgan fingerprint density at radius 1 is 1.10 bits per heavy atom. The van der Waals surface area contributed by atoms with Crippen LogP contribution in [0.3, 0.4) is 0 Å². The fourth-order valence-corrected chi connectivity index (χ4v) is 2.81. The number of hydrogen-bond donors (Lipinski definition) is 1. The summed E-state index contributed by atoms with van der Waals surface area (Å²) < 4.78 is 0. The molecule has 0 unspecified atom stereocenters. The summed E-state index contributed by atoms with van der Waals surface area (Å²) in [6, 6.07) is 14.6. The predicted octanol–water partition coefficient (Wildman–Crippen LogP) is 3.34. The van der Waals surface area contributed by atoms with Crippen molar-refractivity contribution in [2.24, 2.45) is 0 Å². The SMILES string of the molecule is Cc1ccc2c(c1)[C@H](Cc1ccc(N(C)C)cc1)C(=O)N2. The van der Waals surface area contributed by atoms with E-state index >= 15 is 0 Å². The Morgan fingerprint density at radius 2 is 1.81 bits per heavy atom. The lowest BCUT2D eigenvalue weighted by atomic mass is 9.92. The van der Waals surface area contributed by atoms with Crippen LogP contribution < -0.4 is 10.2 Å². The van der Waals surface area contributed by atoms with Crippen LogP contribution in [0.15, 0.2) is 42.5 Å². The molecule has 2 aromatic rings. The first kappa shape index (κ1) is 13.7. The molecule has 0 aromatic heterocycles. The van der Waals surface area contributed by atoms with E-state index in [1.165, 1.54) is 16.8 Å². The Kier molecular flexibility index (Phi) is 3.42. The number of benzene rings is 2. The molecule has 0 fully saturated rings. The van der Waals surface area contributed by atoms with E-state index in [0.29, 0.717) is 0 Å². The summed E-state index contributed by atoms with van der Waals surface area (Å²) in [7, 11) is 4.05. The van der Waals surface area contributed by atoms with E-state index in [-0.39, 0.29) is 11.8 Å². The summed E-state index contributed by atoms with van der Waals surface area (Å²) in [6.07, 6.45) is 0.746. The van der Waals surface area contributed by atoms with E-state index in [4.69, 9.17) is 0 Å². The number of rotatable bonds is 3. The minimum Gasteiger partial charge on any atom is -0.378 e. The Morgan fingerprint density at radius 3 is 2.48 bits per heavy atom. The van der Waals surface area contributed by atoms with Gasteiger partial charge in [-0.3, -0.25) is 4.79 Å². The molecule has 3 nitrogen and oxygen atoms in total. The molecule has 1 heterocycles. The van der Waals surface area contributed by atoms with Crippen LogP contribution in [0.4, 0.5) is 11.4 Å². The number of nitrogens with zero attached hydrogens (tertiary/aromatic N) is 1. The van der Waals surface area contributed by atoms with Crippen LogP contribution in [-0.2, 0) is 11.2 Å². The van der Waals surface area contributed by atoms with Crippen molar-refractivity contribution in [1.29, 1.82) is 0 Å². The van der Waals surface area contributed by atoms with Gasteiger partial charge >= 0.3 is 0 Å². The largest absolute Gasteiger partial charge is 0.378 e. The topological polar surface area (TPSA) is 32.3 Å². The van der Waals surface area contributed by atoms with Crippen LogP contribution in [-0.4, -0.2) is 20.0 Å². The van der Waals surface area contributed by atoms with Gasteiger partial charge in [-0.1, -0.05) is 29.8 Å². The fourth-order valence-electron chi connectivity index (χ4n) is 2.81. The van der Waals surface area contributed by atoms with Gasteiger partial charge in [0, 0.05) is 25.5 Å². The number of fused-ring (bicyclic) bond motifs is 1. The fraction of sp³-hybridized carbons (Fsp3) is 0.278. The molecule has 1 aliphatic rings. The first-order chi connectivity index (χ1) is 10.0. The Labute approximate surface area is 125 Å². The molecule has 0 saturated carbocycles. The highest BCUT2D eigenvalue weighted by atomic mass is 16.2. The summed E-state index contributed by atoms with van der Waals surface area (Å²) in [6.45, 7) is 2.06. The third-order valence-corrected chi connectivity index (χ3v) is 4.05. The number of nitrogens with one attached hydrogen (secondary N) is 1. The highest BCUT2D eigenvalue weighted by Crippen LogP contribution is 2.35. The van der Waals surface area contributed by atoms with Gasteiger partial charge in [-0.15, -0.1) is 0 Å². The molecule has 0 bridgehead atoms. The second-order valence-electron chi connectivity index (χ2n) is 5.90. The highest BCUT2D eigenvalue weighted by molar-refractivity contribution is 6.03. The molecular formula is C18H20N2O. The van der Waals surface area contributed by atoms with E-state index in [9.17, 15) is 4.79 Å². The zero-order valence-electron chi connectivity index (χ0n) is 12.7. The molecule has 3 rings (SSSR count). The Bertz CT molecular complexity index is 674. The van der Waals surface area contributed by atoms with Crippen LogP contribution in [0.25, 0.3) is 0 Å². The van der Waals surface area contributed by atoms with Gasteiger partial charge in [-0.25, -0.2) is 0 Å². The van der Waals surface area contributed by atoms with Gasteiger partial charge in [-0.05, 0) is 42.7 Å². The van der Waals surface area contributed by atoms with E-state index in [1.807, 2.05) is 26.2 Å². The zero-order valence-corrected chi connectivity index (χ0v) is 12.7. The van der Waals surface area contributed by atoms with Crippen LogP contribution in [0.2, 0.25) is 0 Å². The van der Waals surface area contributed by atoms with Crippen LogP contribution in [0, 0.1) is 6.92 Å². The van der Waals surface area contributed by atoms with Crippen molar-refractivity contribution in [3.05, 3.63) is 59.2 Å². The Balaban J connectivity index is 1.85. The van der Waals surface area contributed by atoms with Gasteiger partial charge in [0.1, 0.15) is 0 Å². The van der Waals surface area contributed by atoms with E-state index < -0.39 is 0 Å². The highest BCUT2D eigenvalue weighted by Gasteiger charge is 2.30. The molecule has 1 amide bonds. The van der Waals surface area contributed by atoms with Crippen molar-refractivity contribution in [2.75, 3.05) is 24.3 Å². The minimum atomic E-state index is -0.0786. The Hall–Kier alpha value is -2.29. The molecule has 0 saturated heterocycles. The molecule has 0 radical (unpaired) electrons. The van der Waals surface area contributed by atoms with E-state index in [2.05, 4.69) is 47.5 Å². The van der Waals surface area contributed by atoms with Crippen molar-refractivity contribution in [3.63, 3.8) is 0 Å². The van der Waals surface area contributed by atoms with Crippen LogP contribution in [0.5, 0.6) is 0 Å². The molecule has 108 valence electrons. The molecule has 3 heteroatoms. The normalized spacial score (nSPS) is 16.5. The van der Waals surface area contributed by atoms with E-state index in [0.717, 1.165) is 17.7 Å². The van der Waals surface area contributed by atoms with Gasteiger partial charge in [0.2, 0.25) is 5.91 Å². The first-order valence-corrected chi connectivity index (χ1v) is 7.22. The third kappa shape index (κ3) is 2.64. The number of aryl methyl sites for hydroxylation is 1. The summed E-state index contributed by atoms with van der Waals surface area (Å²) in [4.78, 5) is 14.3. The van der Waals surface area contributed by atoms with Crippen LogP contribution >= 0.6 is 0 Å². The maximum absolute atomic E-state index is 12.2. The molecule has 1 N–H and O–H groups in total. The standard InChI is InChI=1S/C18H20N2O/c1-12-4-9-17-15(10-12)16(18(21)19-17)11-13-5-7-14(8-6-13)20(2)3/h4-10,16H,11H2,1-3H3,(H,19,21)/t16-/m0/s1. The second kappa shape index (κ2) is 5.24. The molecule has 1 aliphatic heterocycles. The predicted molar refractivity (Wildman–Crippen MR) is 87.0 cm³/mol. The van der Waals surface area contributed by atoms with Crippen molar-refractivity contribution in [2.45, 2.75) is 19.3 Å². The summed E-state index contributed by atoms with van der Waals surface area (Å²) in [5, 5.41) is 2.98. The smallest absolute Gasteiger partial charge is 0.232 e. The maximum atomic E-state index is 12.2. The lowest BCUT2D eigenvalue weighted by molar-refractivity contribution is -0.117. The minimum absolute atomic E-state index is 0.0786. The number of carbonyl (C=O) groups is 1. The van der Waals surface area contributed by atoms with Gasteiger partial charge in [0.25, 0.3) is 0 Å². The van der Waals surface area contributed by atoms with Crippen LogP contribution in [0.1, 0.15) is 22.6 Å². The van der Waals surface area contributed by atoms with E-state index in [1.54, 1.807) is 0 Å². The first-order valence-electron chi connectivity index (χ1n) is 7.22. The number of anilines is 2. The molecular weight excluding hydrogens is 260 g/mol. The van der Waals surface area contributed by atoms with Gasteiger partial charge in [0.05, 0.1) is 5.92 Å². The molecule has 1 atom stereocenters. The van der Waals surface area contributed by atoms with Crippen molar-refractivity contribution in [1.82, 2.24) is 0 Å². The van der Waals surface area contributed by atoms with Gasteiger partial charge in [0.15, 0.2) is 0 Å². The summed E-state index contributed by atoms with van der Waals surface area (Å²) >= 11 is 0. The third-order valence-electron chi connectivity index (χ3n) is 4.05. The number of carbonyl (C=O) groups excluding carboxylic acids is 1. The van der Waals surface area contributed by atoms with Crippen molar-refractivity contribution >= 4 is 17.3 Å². The molecule has 2 aromatic carbocycles. The number of hydrogen-bond acceptors (Lipinski definition) is 2. The monoisotopic (exact) mass is 280 g/mol. The summed E-state index contributed by atoms with van der Waals surface area (Å²) in [5.74, 6) is 0.0254. The maximum Gasteiger partial charge on any atom is 0.232 e. The van der Waals surface area contributed by atoms with Gasteiger partial charge in [-0.2, -0.15) is 0 Å². The van der Waals surface area contributed by atoms with Crippen molar-refractivity contribution < 1.29 is 4.79 Å². The average molecular weight is 280 g/mol. The van der Waals surface area contributed by atoms with Crippen molar-refractivity contribution in [3.8, 4) is 0 Å². The lowest BCUT2D eigenvalue weighted by Gasteiger charge is -2.14. The zero-order chi connectivity index (χ0) is 15.0. The number of amides is 1. The lowest BCUT2D eigenvalue weighted by Crippen LogP contribution is -2.14. The molecule has 0 spiro atoms. The van der Waals surface area contributed by atoms with Gasteiger partial charge < -0.3 is 10.2 Å². The quantitative estimate of drug-likeness (QED) is 0.935.